The van der Waals surface area contributed by atoms with Crippen molar-refractivity contribution in [3.05, 3.63) is 102 Å². The van der Waals surface area contributed by atoms with Crippen LogP contribution in [0.1, 0.15) is 11.1 Å². The number of benzene rings is 3. The van der Waals surface area contributed by atoms with E-state index in [0.29, 0.717) is 11.3 Å². The van der Waals surface area contributed by atoms with Crippen molar-refractivity contribution in [2.24, 2.45) is 5.10 Å². The van der Waals surface area contributed by atoms with Crippen molar-refractivity contribution in [1.82, 2.24) is 14.6 Å². The first-order chi connectivity index (χ1) is 14.5. The van der Waals surface area contributed by atoms with Gasteiger partial charge in [-0.05, 0) is 31.2 Å². The Bertz CT molecular complexity index is 1260. The minimum absolute atomic E-state index is 0.154. The number of rotatable bonds is 6. The van der Waals surface area contributed by atoms with Crippen molar-refractivity contribution in [3.8, 4) is 16.9 Å². The number of nitrogens with zero attached hydrogens (tertiary/aromatic N) is 3. The molecule has 4 rings (SSSR count). The maximum atomic E-state index is 12.4. The van der Waals surface area contributed by atoms with E-state index in [1.54, 1.807) is 22.9 Å². The van der Waals surface area contributed by atoms with E-state index in [4.69, 9.17) is 5.10 Å². The number of aromatic nitrogens is 2. The van der Waals surface area contributed by atoms with Crippen LogP contribution in [0.3, 0.4) is 0 Å². The van der Waals surface area contributed by atoms with E-state index < -0.39 is 10.0 Å². The average molecular weight is 417 g/mol. The van der Waals surface area contributed by atoms with Gasteiger partial charge in [0, 0.05) is 17.3 Å². The SMILES string of the molecule is Cc1ccc(-c2nn(-c3ccccc3)cc2/C=N\NS(=O)(=O)c2ccccc2)cc1. The summed E-state index contributed by atoms with van der Waals surface area (Å²) in [6, 6.07) is 25.8. The number of hydrogen-bond acceptors (Lipinski definition) is 4. The van der Waals surface area contributed by atoms with Crippen LogP contribution in [0.25, 0.3) is 16.9 Å². The molecule has 0 aliphatic heterocycles. The minimum atomic E-state index is -3.73. The molecule has 0 saturated heterocycles. The number of para-hydroxylation sites is 1. The van der Waals surface area contributed by atoms with Gasteiger partial charge >= 0.3 is 0 Å². The second kappa shape index (κ2) is 8.34. The molecule has 0 aliphatic rings. The summed E-state index contributed by atoms with van der Waals surface area (Å²) in [5.41, 5.74) is 4.37. The van der Waals surface area contributed by atoms with E-state index in [-0.39, 0.29) is 4.90 Å². The monoisotopic (exact) mass is 416 g/mol. The Morgan fingerprint density at radius 2 is 1.53 bits per heavy atom. The summed E-state index contributed by atoms with van der Waals surface area (Å²) in [6.45, 7) is 2.02. The van der Waals surface area contributed by atoms with Gasteiger partial charge in [-0.25, -0.2) is 9.51 Å². The van der Waals surface area contributed by atoms with Gasteiger partial charge in [-0.3, -0.25) is 0 Å². The molecule has 6 nitrogen and oxygen atoms in total. The van der Waals surface area contributed by atoms with Crippen LogP contribution in [0.2, 0.25) is 0 Å². The molecule has 0 bridgehead atoms. The quantitative estimate of drug-likeness (QED) is 0.379. The van der Waals surface area contributed by atoms with Gasteiger partial charge in [0.15, 0.2) is 0 Å². The zero-order valence-electron chi connectivity index (χ0n) is 16.3. The maximum Gasteiger partial charge on any atom is 0.276 e. The smallest absolute Gasteiger partial charge is 0.240 e. The Labute approximate surface area is 175 Å². The highest BCUT2D eigenvalue weighted by Gasteiger charge is 2.13. The molecule has 0 aliphatic carbocycles. The lowest BCUT2D eigenvalue weighted by molar-refractivity contribution is 0.584. The van der Waals surface area contributed by atoms with E-state index in [2.05, 4.69) is 9.93 Å². The van der Waals surface area contributed by atoms with E-state index >= 15 is 0 Å². The zero-order chi connectivity index (χ0) is 21.0. The third kappa shape index (κ3) is 4.31. The van der Waals surface area contributed by atoms with E-state index in [0.717, 1.165) is 16.8 Å². The summed E-state index contributed by atoms with van der Waals surface area (Å²) in [5, 5.41) is 8.69. The highest BCUT2D eigenvalue weighted by Crippen LogP contribution is 2.23. The van der Waals surface area contributed by atoms with Crippen molar-refractivity contribution in [2.75, 3.05) is 0 Å². The molecule has 0 amide bonds. The molecule has 0 saturated carbocycles. The molecule has 4 aromatic rings. The second-order valence-electron chi connectivity index (χ2n) is 6.75. The Balaban J connectivity index is 1.68. The molecule has 0 atom stereocenters. The Hall–Kier alpha value is -3.71. The van der Waals surface area contributed by atoms with Gasteiger partial charge in [0.05, 0.1) is 16.8 Å². The molecule has 3 aromatic carbocycles. The number of aryl methyl sites for hydroxylation is 1. The van der Waals surface area contributed by atoms with Crippen LogP contribution in [-0.4, -0.2) is 24.4 Å². The molecule has 0 fully saturated rings. The standard InChI is InChI=1S/C23H20N4O2S/c1-18-12-14-19(15-13-18)23-20(17-27(25-23)21-8-4-2-5-9-21)16-24-26-30(28,29)22-10-6-3-7-11-22/h2-17,26H,1H3/b24-16-. The zero-order valence-corrected chi connectivity index (χ0v) is 17.1. The van der Waals surface area contributed by atoms with E-state index in [1.165, 1.54) is 18.3 Å². The first kappa shape index (κ1) is 19.6. The highest BCUT2D eigenvalue weighted by molar-refractivity contribution is 7.89. The first-order valence-electron chi connectivity index (χ1n) is 9.35. The summed E-state index contributed by atoms with van der Waals surface area (Å²) in [5.74, 6) is 0. The lowest BCUT2D eigenvalue weighted by Crippen LogP contribution is -2.18. The highest BCUT2D eigenvalue weighted by atomic mass is 32.2. The molecule has 7 heteroatoms. The predicted octanol–water partition coefficient (Wildman–Crippen LogP) is 4.16. The molecular formula is C23H20N4O2S. The summed E-state index contributed by atoms with van der Waals surface area (Å²) < 4.78 is 26.5. The third-order valence-corrected chi connectivity index (χ3v) is 5.76. The number of hydrazone groups is 1. The van der Waals surface area contributed by atoms with Gasteiger partial charge in [0.1, 0.15) is 5.69 Å². The van der Waals surface area contributed by atoms with Crippen LogP contribution in [0.5, 0.6) is 0 Å². The van der Waals surface area contributed by atoms with Gasteiger partial charge < -0.3 is 0 Å². The Morgan fingerprint density at radius 3 is 2.20 bits per heavy atom. The van der Waals surface area contributed by atoms with Gasteiger partial charge in [0.25, 0.3) is 10.0 Å². The molecular weight excluding hydrogens is 396 g/mol. The normalized spacial score (nSPS) is 11.6. The largest absolute Gasteiger partial charge is 0.276 e. The fraction of sp³-hybridized carbons (Fsp3) is 0.0435. The molecule has 150 valence electrons. The third-order valence-electron chi connectivity index (χ3n) is 4.52. The van der Waals surface area contributed by atoms with Gasteiger partial charge in [-0.15, -0.1) is 0 Å². The number of hydrogen-bond donors (Lipinski definition) is 1. The fourth-order valence-corrected chi connectivity index (χ4v) is 3.76. The Kier molecular flexibility index (Phi) is 5.45. The summed E-state index contributed by atoms with van der Waals surface area (Å²) >= 11 is 0. The topological polar surface area (TPSA) is 76.3 Å². The first-order valence-corrected chi connectivity index (χ1v) is 10.8. The fourth-order valence-electron chi connectivity index (χ4n) is 2.95. The van der Waals surface area contributed by atoms with E-state index in [1.807, 2.05) is 67.7 Å². The maximum absolute atomic E-state index is 12.4. The van der Waals surface area contributed by atoms with Crippen LogP contribution in [0.15, 0.2) is 101 Å². The number of sulfonamides is 1. The molecule has 0 spiro atoms. The van der Waals surface area contributed by atoms with Crippen molar-refractivity contribution in [2.45, 2.75) is 11.8 Å². The summed E-state index contributed by atoms with van der Waals surface area (Å²) in [4.78, 5) is 2.42. The lowest BCUT2D eigenvalue weighted by atomic mass is 10.1. The van der Waals surface area contributed by atoms with E-state index in [9.17, 15) is 8.42 Å². The molecule has 1 N–H and O–H groups in total. The van der Waals surface area contributed by atoms with Crippen molar-refractivity contribution < 1.29 is 8.42 Å². The van der Waals surface area contributed by atoms with Crippen molar-refractivity contribution >= 4 is 16.2 Å². The molecule has 1 aromatic heterocycles. The number of nitrogens with one attached hydrogen (secondary N) is 1. The van der Waals surface area contributed by atoms with Gasteiger partial charge in [-0.1, -0.05) is 66.2 Å². The van der Waals surface area contributed by atoms with Crippen molar-refractivity contribution in [1.29, 1.82) is 0 Å². The molecule has 1 heterocycles. The van der Waals surface area contributed by atoms with Crippen molar-refractivity contribution in [3.63, 3.8) is 0 Å². The van der Waals surface area contributed by atoms with Gasteiger partial charge in [0.2, 0.25) is 0 Å². The minimum Gasteiger partial charge on any atom is -0.240 e. The van der Waals surface area contributed by atoms with Crippen LogP contribution in [0, 0.1) is 6.92 Å². The van der Waals surface area contributed by atoms with Crippen LogP contribution >= 0.6 is 0 Å². The predicted molar refractivity (Wildman–Crippen MR) is 118 cm³/mol. The van der Waals surface area contributed by atoms with Gasteiger partial charge in [-0.2, -0.15) is 18.6 Å². The lowest BCUT2D eigenvalue weighted by Gasteiger charge is -2.02. The summed E-state index contributed by atoms with van der Waals surface area (Å²) in [6.07, 6.45) is 3.30. The molecule has 0 radical (unpaired) electrons. The van der Waals surface area contributed by atoms with Crippen LogP contribution in [-0.2, 0) is 10.0 Å². The molecule has 0 unspecified atom stereocenters. The van der Waals surface area contributed by atoms with Crippen LogP contribution < -0.4 is 4.83 Å². The average Bonchev–Trinajstić information content (AvgIpc) is 3.19. The molecule has 30 heavy (non-hydrogen) atoms. The summed E-state index contributed by atoms with van der Waals surface area (Å²) in [7, 11) is -3.73. The second-order valence-corrected chi connectivity index (χ2v) is 8.41. The Morgan fingerprint density at radius 1 is 0.900 bits per heavy atom. The van der Waals surface area contributed by atoms with Crippen LogP contribution in [0.4, 0.5) is 0 Å².